The number of nitrogens with one attached hydrogen (secondary N) is 1. The molecule has 0 aliphatic rings. The van der Waals surface area contributed by atoms with E-state index in [0.29, 0.717) is 6.07 Å². The lowest BCUT2D eigenvalue weighted by Gasteiger charge is -2.17. The van der Waals surface area contributed by atoms with E-state index in [-0.39, 0.29) is 5.56 Å². The van der Waals surface area contributed by atoms with Crippen molar-refractivity contribution in [1.82, 2.24) is 0 Å². The fraction of sp³-hybridized carbons (Fsp3) is 0.143. The van der Waals surface area contributed by atoms with Gasteiger partial charge < -0.3 is 5.32 Å². The summed E-state index contributed by atoms with van der Waals surface area (Å²) in [6.07, 6.45) is 0. The molecular weight excluding hydrogens is 285 g/mol. The van der Waals surface area contributed by atoms with Gasteiger partial charge in [0.2, 0.25) is 0 Å². The summed E-state index contributed by atoms with van der Waals surface area (Å²) in [6, 6.07) is 6.48. The fourth-order valence-electron chi connectivity index (χ4n) is 1.95. The average Bonchev–Trinajstić information content (AvgIpc) is 2.44. The normalized spacial score (nSPS) is 12.0. The average molecular weight is 296 g/mol. The summed E-state index contributed by atoms with van der Waals surface area (Å²) in [5.41, 5.74) is -1.02. The fourth-order valence-corrected chi connectivity index (χ4v) is 1.95. The smallest absolute Gasteiger partial charge is 0.295 e. The van der Waals surface area contributed by atoms with E-state index in [1.165, 1.54) is 25.1 Å². The van der Waals surface area contributed by atoms with Crippen LogP contribution >= 0.6 is 0 Å². The monoisotopic (exact) mass is 296 g/mol. The van der Waals surface area contributed by atoms with Crippen LogP contribution in [0.5, 0.6) is 0 Å². The van der Waals surface area contributed by atoms with Crippen LogP contribution < -0.4 is 5.32 Å². The first-order valence-corrected chi connectivity index (χ1v) is 6.05. The van der Waals surface area contributed by atoms with Crippen molar-refractivity contribution in [1.29, 1.82) is 0 Å². The van der Waals surface area contributed by atoms with Crippen molar-refractivity contribution < 1.29 is 18.1 Å². The molecule has 110 valence electrons. The van der Waals surface area contributed by atoms with E-state index in [1.807, 2.05) is 0 Å². The maximum absolute atomic E-state index is 13.8. The zero-order chi connectivity index (χ0) is 15.6. The SMILES string of the molecule is CC(Nc1c([N+](=O)[O-])ccc(F)c1F)c1ccccc1F. The Morgan fingerprint density at radius 1 is 1.10 bits per heavy atom. The van der Waals surface area contributed by atoms with Gasteiger partial charge in [-0.2, -0.15) is 0 Å². The molecule has 0 aromatic heterocycles. The molecular formula is C14H11F3N2O2. The number of anilines is 1. The van der Waals surface area contributed by atoms with E-state index >= 15 is 0 Å². The van der Waals surface area contributed by atoms with Crippen LogP contribution in [-0.4, -0.2) is 4.92 Å². The molecule has 21 heavy (non-hydrogen) atoms. The highest BCUT2D eigenvalue weighted by Crippen LogP contribution is 2.32. The van der Waals surface area contributed by atoms with E-state index in [4.69, 9.17) is 0 Å². The van der Waals surface area contributed by atoms with Gasteiger partial charge in [0.15, 0.2) is 17.3 Å². The first-order valence-electron chi connectivity index (χ1n) is 6.05. The number of hydrogen-bond donors (Lipinski definition) is 1. The van der Waals surface area contributed by atoms with Gasteiger partial charge in [0.25, 0.3) is 5.69 Å². The quantitative estimate of drug-likeness (QED) is 0.680. The molecule has 7 heteroatoms. The van der Waals surface area contributed by atoms with Crippen molar-refractivity contribution in [3.8, 4) is 0 Å². The van der Waals surface area contributed by atoms with E-state index < -0.39 is 39.8 Å². The lowest BCUT2D eigenvalue weighted by molar-refractivity contribution is -0.384. The predicted molar refractivity (Wildman–Crippen MR) is 71.5 cm³/mol. The summed E-state index contributed by atoms with van der Waals surface area (Å²) in [7, 11) is 0. The zero-order valence-electron chi connectivity index (χ0n) is 10.9. The second-order valence-corrected chi connectivity index (χ2v) is 4.40. The second kappa shape index (κ2) is 5.82. The highest BCUT2D eigenvalue weighted by molar-refractivity contribution is 5.63. The molecule has 2 rings (SSSR count). The second-order valence-electron chi connectivity index (χ2n) is 4.40. The Labute approximate surface area is 118 Å². The Morgan fingerprint density at radius 2 is 1.76 bits per heavy atom. The van der Waals surface area contributed by atoms with E-state index in [9.17, 15) is 23.3 Å². The van der Waals surface area contributed by atoms with Crippen molar-refractivity contribution >= 4 is 11.4 Å². The lowest BCUT2D eigenvalue weighted by Crippen LogP contribution is -2.12. The Kier molecular flexibility index (Phi) is 4.11. The topological polar surface area (TPSA) is 55.2 Å². The van der Waals surface area contributed by atoms with Crippen LogP contribution in [0.15, 0.2) is 36.4 Å². The maximum Gasteiger partial charge on any atom is 0.295 e. The van der Waals surface area contributed by atoms with Gasteiger partial charge in [0, 0.05) is 11.6 Å². The number of nitro benzene ring substituents is 1. The van der Waals surface area contributed by atoms with Gasteiger partial charge in [0.1, 0.15) is 5.82 Å². The highest BCUT2D eigenvalue weighted by Gasteiger charge is 2.23. The van der Waals surface area contributed by atoms with Gasteiger partial charge >= 0.3 is 0 Å². The number of rotatable bonds is 4. The Bertz CT molecular complexity index is 692. The number of nitrogens with zero attached hydrogens (tertiary/aromatic N) is 1. The predicted octanol–water partition coefficient (Wildman–Crippen LogP) is 4.19. The van der Waals surface area contributed by atoms with Crippen LogP contribution in [0, 0.1) is 27.6 Å². The molecule has 2 aromatic rings. The Hall–Kier alpha value is -2.57. The van der Waals surface area contributed by atoms with Gasteiger partial charge in [-0.25, -0.2) is 13.2 Å². The van der Waals surface area contributed by atoms with E-state index in [2.05, 4.69) is 5.32 Å². The van der Waals surface area contributed by atoms with E-state index in [0.717, 1.165) is 6.07 Å². The van der Waals surface area contributed by atoms with Crippen molar-refractivity contribution in [3.63, 3.8) is 0 Å². The van der Waals surface area contributed by atoms with Crippen molar-refractivity contribution in [2.45, 2.75) is 13.0 Å². The molecule has 0 radical (unpaired) electrons. The summed E-state index contributed by atoms with van der Waals surface area (Å²) in [5, 5.41) is 13.3. The van der Waals surface area contributed by atoms with Crippen molar-refractivity contribution in [2.75, 3.05) is 5.32 Å². The number of hydrogen-bond acceptors (Lipinski definition) is 3. The molecule has 0 bridgehead atoms. The van der Waals surface area contributed by atoms with Crippen LogP contribution in [-0.2, 0) is 0 Å². The molecule has 0 amide bonds. The number of nitro groups is 1. The van der Waals surface area contributed by atoms with Gasteiger partial charge in [-0.1, -0.05) is 18.2 Å². The summed E-state index contributed by atoms with van der Waals surface area (Å²) in [5.74, 6) is -3.13. The lowest BCUT2D eigenvalue weighted by atomic mass is 10.1. The Morgan fingerprint density at radius 3 is 2.38 bits per heavy atom. The first-order chi connectivity index (χ1) is 9.91. The van der Waals surface area contributed by atoms with Gasteiger partial charge in [0.05, 0.1) is 11.0 Å². The minimum Gasteiger partial charge on any atom is -0.370 e. The zero-order valence-corrected chi connectivity index (χ0v) is 10.9. The van der Waals surface area contributed by atoms with Crippen LogP contribution in [0.1, 0.15) is 18.5 Å². The van der Waals surface area contributed by atoms with Crippen LogP contribution in [0.4, 0.5) is 24.5 Å². The van der Waals surface area contributed by atoms with Gasteiger partial charge in [-0.15, -0.1) is 0 Å². The molecule has 4 nitrogen and oxygen atoms in total. The summed E-state index contributed by atoms with van der Waals surface area (Å²) >= 11 is 0. The molecule has 0 saturated heterocycles. The number of benzene rings is 2. The molecule has 0 aliphatic heterocycles. The summed E-state index contributed by atoms with van der Waals surface area (Å²) in [6.45, 7) is 1.49. The standard InChI is InChI=1S/C14H11F3N2O2/c1-8(9-4-2-3-5-10(9)15)18-14-12(19(20)21)7-6-11(16)13(14)17/h2-8,18H,1H3. The first kappa shape index (κ1) is 14.8. The van der Waals surface area contributed by atoms with E-state index in [1.54, 1.807) is 6.07 Å². The van der Waals surface area contributed by atoms with Crippen molar-refractivity contribution in [2.24, 2.45) is 0 Å². The largest absolute Gasteiger partial charge is 0.370 e. The number of halogens is 3. The maximum atomic E-state index is 13.8. The highest BCUT2D eigenvalue weighted by atomic mass is 19.2. The molecule has 0 fully saturated rings. The minimum atomic E-state index is -1.37. The molecule has 2 aromatic carbocycles. The molecule has 1 N–H and O–H groups in total. The molecule has 0 saturated carbocycles. The summed E-state index contributed by atoms with van der Waals surface area (Å²) < 4.78 is 40.6. The molecule has 0 spiro atoms. The minimum absolute atomic E-state index is 0.190. The molecule has 0 aliphatic carbocycles. The van der Waals surface area contributed by atoms with Gasteiger partial charge in [-0.05, 0) is 19.1 Å². The van der Waals surface area contributed by atoms with Crippen LogP contribution in [0.25, 0.3) is 0 Å². The third-order valence-electron chi connectivity index (χ3n) is 3.00. The third kappa shape index (κ3) is 2.96. The molecule has 1 unspecified atom stereocenters. The molecule has 1 atom stereocenters. The van der Waals surface area contributed by atoms with Crippen molar-refractivity contribution in [3.05, 3.63) is 69.5 Å². The third-order valence-corrected chi connectivity index (χ3v) is 3.00. The van der Waals surface area contributed by atoms with Gasteiger partial charge in [-0.3, -0.25) is 10.1 Å². The molecule has 0 heterocycles. The Balaban J connectivity index is 2.41. The van der Waals surface area contributed by atoms with Crippen LogP contribution in [0.3, 0.4) is 0 Å². The summed E-state index contributed by atoms with van der Waals surface area (Å²) in [4.78, 5) is 10.0. The van der Waals surface area contributed by atoms with Crippen LogP contribution in [0.2, 0.25) is 0 Å².